The zero-order chi connectivity index (χ0) is 18.7. The number of fused-ring (bicyclic) bond motifs is 1. The maximum Gasteiger partial charge on any atom is 0.258 e. The Kier molecular flexibility index (Phi) is 5.21. The lowest BCUT2D eigenvalue weighted by molar-refractivity contribution is 0.0534. The second kappa shape index (κ2) is 7.40. The number of rotatable bonds is 6. The molecule has 3 rings (SSSR count). The van der Waals surface area contributed by atoms with E-state index in [9.17, 15) is 4.79 Å². The van der Waals surface area contributed by atoms with Crippen LogP contribution in [0.1, 0.15) is 56.5 Å². The summed E-state index contributed by atoms with van der Waals surface area (Å²) in [7, 11) is 0. The van der Waals surface area contributed by atoms with Gasteiger partial charge in [0.05, 0.1) is 11.7 Å². The fourth-order valence-corrected chi connectivity index (χ4v) is 3.42. The third-order valence-electron chi connectivity index (χ3n) is 5.08. The van der Waals surface area contributed by atoms with Gasteiger partial charge in [0, 0.05) is 17.8 Å². The van der Waals surface area contributed by atoms with Crippen molar-refractivity contribution in [3.8, 4) is 5.75 Å². The summed E-state index contributed by atoms with van der Waals surface area (Å²) < 4.78 is 6.00. The second-order valence-electron chi connectivity index (χ2n) is 7.06. The molecule has 0 saturated carbocycles. The first kappa shape index (κ1) is 18.3. The van der Waals surface area contributed by atoms with Gasteiger partial charge >= 0.3 is 0 Å². The van der Waals surface area contributed by atoms with E-state index >= 15 is 0 Å². The number of benzene rings is 2. The number of para-hydroxylation sites is 1. The molecule has 0 aromatic heterocycles. The minimum absolute atomic E-state index is 0.0666. The van der Waals surface area contributed by atoms with E-state index in [1.54, 1.807) is 0 Å². The number of anilines is 1. The number of hydrogen-bond donors (Lipinski definition) is 1. The quantitative estimate of drug-likeness (QED) is 0.794. The van der Waals surface area contributed by atoms with Gasteiger partial charge in [-0.25, -0.2) is 0 Å². The van der Waals surface area contributed by atoms with Crippen molar-refractivity contribution in [3.05, 3.63) is 59.7 Å². The monoisotopic (exact) mass is 352 g/mol. The van der Waals surface area contributed by atoms with Gasteiger partial charge in [-0.2, -0.15) is 0 Å². The van der Waals surface area contributed by atoms with E-state index < -0.39 is 5.66 Å². The Morgan fingerprint density at radius 3 is 2.65 bits per heavy atom. The maximum absolute atomic E-state index is 13.2. The van der Waals surface area contributed by atoms with Gasteiger partial charge in [0.2, 0.25) is 0 Å². The molecule has 4 nitrogen and oxygen atoms in total. The molecule has 1 N–H and O–H groups in total. The standard InChI is InChI=1S/C22H28N2O2/c1-5-14-24-21(25)19-12-7-8-13-20(19)23-22(24,4)17-10-9-11-18(15-17)26-16(3)6-2/h7-13,15-16,23H,5-6,14H2,1-4H3. The first-order valence-corrected chi connectivity index (χ1v) is 9.46. The molecule has 2 aromatic rings. The molecule has 138 valence electrons. The third kappa shape index (κ3) is 3.28. The summed E-state index contributed by atoms with van der Waals surface area (Å²) in [6.07, 6.45) is 2.01. The van der Waals surface area contributed by atoms with Crippen molar-refractivity contribution in [2.24, 2.45) is 0 Å². The summed E-state index contributed by atoms with van der Waals surface area (Å²) in [5.41, 5.74) is 2.01. The highest BCUT2D eigenvalue weighted by Gasteiger charge is 2.42. The first-order valence-electron chi connectivity index (χ1n) is 9.46. The second-order valence-corrected chi connectivity index (χ2v) is 7.06. The van der Waals surface area contributed by atoms with Crippen molar-refractivity contribution in [2.75, 3.05) is 11.9 Å². The molecular weight excluding hydrogens is 324 g/mol. The molecule has 4 heteroatoms. The summed E-state index contributed by atoms with van der Waals surface area (Å²) in [4.78, 5) is 15.1. The molecule has 2 atom stereocenters. The van der Waals surface area contributed by atoms with Gasteiger partial charge in [-0.05, 0) is 51.0 Å². The summed E-state index contributed by atoms with van der Waals surface area (Å²) in [5, 5.41) is 3.60. The molecule has 0 spiro atoms. The van der Waals surface area contributed by atoms with E-state index in [1.165, 1.54) is 0 Å². The molecule has 1 aliphatic heterocycles. The molecule has 0 fully saturated rings. The lowest BCUT2D eigenvalue weighted by atomic mass is 9.93. The van der Waals surface area contributed by atoms with Crippen LogP contribution in [0.4, 0.5) is 5.69 Å². The molecule has 1 amide bonds. The fourth-order valence-electron chi connectivity index (χ4n) is 3.42. The highest BCUT2D eigenvalue weighted by atomic mass is 16.5. The van der Waals surface area contributed by atoms with Gasteiger partial charge < -0.3 is 15.0 Å². The first-order chi connectivity index (χ1) is 12.5. The molecule has 2 unspecified atom stereocenters. The lowest BCUT2D eigenvalue weighted by Crippen LogP contribution is -2.56. The highest BCUT2D eigenvalue weighted by molar-refractivity contribution is 6.02. The van der Waals surface area contributed by atoms with Crippen LogP contribution in [-0.4, -0.2) is 23.5 Å². The van der Waals surface area contributed by atoms with Crippen LogP contribution in [0.3, 0.4) is 0 Å². The van der Waals surface area contributed by atoms with Gasteiger partial charge in [0.1, 0.15) is 11.4 Å². The Morgan fingerprint density at radius 2 is 1.92 bits per heavy atom. The van der Waals surface area contributed by atoms with Crippen LogP contribution in [0.15, 0.2) is 48.5 Å². The summed E-state index contributed by atoms with van der Waals surface area (Å²) >= 11 is 0. The normalized spacial score (nSPS) is 20.3. The van der Waals surface area contributed by atoms with Crippen molar-refractivity contribution in [1.82, 2.24) is 4.90 Å². The Morgan fingerprint density at radius 1 is 1.15 bits per heavy atom. The lowest BCUT2D eigenvalue weighted by Gasteiger charge is -2.46. The number of hydrogen-bond acceptors (Lipinski definition) is 3. The van der Waals surface area contributed by atoms with Crippen LogP contribution in [-0.2, 0) is 5.66 Å². The maximum atomic E-state index is 13.2. The zero-order valence-corrected chi connectivity index (χ0v) is 16.1. The molecule has 1 heterocycles. The molecule has 1 aliphatic rings. The number of nitrogens with zero attached hydrogens (tertiary/aromatic N) is 1. The Balaban J connectivity index is 2.03. The average molecular weight is 352 g/mol. The number of carbonyl (C=O) groups excluding carboxylic acids is 1. The van der Waals surface area contributed by atoms with E-state index in [0.717, 1.165) is 35.4 Å². The summed E-state index contributed by atoms with van der Waals surface area (Å²) in [6.45, 7) is 9.02. The van der Waals surface area contributed by atoms with E-state index in [0.29, 0.717) is 6.54 Å². The van der Waals surface area contributed by atoms with Gasteiger partial charge in [0.25, 0.3) is 5.91 Å². The van der Waals surface area contributed by atoms with E-state index in [4.69, 9.17) is 4.74 Å². The molecular formula is C22H28N2O2. The predicted octanol–water partition coefficient (Wildman–Crippen LogP) is 5.01. The largest absolute Gasteiger partial charge is 0.491 e. The molecule has 26 heavy (non-hydrogen) atoms. The number of ether oxygens (including phenoxy) is 1. The highest BCUT2D eigenvalue weighted by Crippen LogP contribution is 2.38. The van der Waals surface area contributed by atoms with Crippen LogP contribution in [0.2, 0.25) is 0 Å². The van der Waals surface area contributed by atoms with Gasteiger partial charge in [-0.1, -0.05) is 38.1 Å². The van der Waals surface area contributed by atoms with E-state index in [2.05, 4.69) is 39.1 Å². The minimum atomic E-state index is -0.615. The third-order valence-corrected chi connectivity index (χ3v) is 5.08. The van der Waals surface area contributed by atoms with Crippen LogP contribution >= 0.6 is 0 Å². The van der Waals surface area contributed by atoms with Gasteiger partial charge in [-0.15, -0.1) is 0 Å². The summed E-state index contributed by atoms with van der Waals surface area (Å²) in [5.74, 6) is 0.902. The zero-order valence-electron chi connectivity index (χ0n) is 16.1. The summed E-state index contributed by atoms with van der Waals surface area (Å²) in [6, 6.07) is 15.8. The van der Waals surface area contributed by atoms with Crippen molar-refractivity contribution < 1.29 is 9.53 Å². The number of amides is 1. The van der Waals surface area contributed by atoms with E-state index in [-0.39, 0.29) is 12.0 Å². The van der Waals surface area contributed by atoms with Crippen molar-refractivity contribution in [1.29, 1.82) is 0 Å². The van der Waals surface area contributed by atoms with Crippen LogP contribution < -0.4 is 10.1 Å². The Labute approximate surface area is 156 Å². The van der Waals surface area contributed by atoms with Crippen LogP contribution in [0.25, 0.3) is 0 Å². The van der Waals surface area contributed by atoms with Crippen LogP contribution in [0.5, 0.6) is 5.75 Å². The minimum Gasteiger partial charge on any atom is -0.491 e. The molecule has 0 aliphatic carbocycles. The SMILES string of the molecule is CCCN1C(=O)c2ccccc2NC1(C)c1cccc(OC(C)CC)c1. The molecule has 0 saturated heterocycles. The Bertz CT molecular complexity index is 789. The molecule has 0 radical (unpaired) electrons. The smallest absolute Gasteiger partial charge is 0.258 e. The van der Waals surface area contributed by atoms with Crippen LogP contribution in [0, 0.1) is 0 Å². The Hall–Kier alpha value is -2.49. The van der Waals surface area contributed by atoms with Crippen molar-refractivity contribution in [2.45, 2.75) is 52.3 Å². The topological polar surface area (TPSA) is 41.6 Å². The number of nitrogens with one attached hydrogen (secondary N) is 1. The van der Waals surface area contributed by atoms with Crippen molar-refractivity contribution in [3.63, 3.8) is 0 Å². The van der Waals surface area contributed by atoms with Gasteiger partial charge in [-0.3, -0.25) is 4.79 Å². The van der Waals surface area contributed by atoms with Crippen molar-refractivity contribution >= 4 is 11.6 Å². The van der Waals surface area contributed by atoms with E-state index in [1.807, 2.05) is 47.4 Å². The fraction of sp³-hybridized carbons (Fsp3) is 0.409. The average Bonchev–Trinajstić information content (AvgIpc) is 2.65. The molecule has 2 aromatic carbocycles. The predicted molar refractivity (Wildman–Crippen MR) is 106 cm³/mol. The molecule has 0 bridgehead atoms. The number of carbonyl (C=O) groups is 1. The van der Waals surface area contributed by atoms with Gasteiger partial charge in [0.15, 0.2) is 0 Å².